The highest BCUT2D eigenvalue weighted by Gasteiger charge is 2.51. The zero-order valence-electron chi connectivity index (χ0n) is 13.0. The van der Waals surface area contributed by atoms with E-state index in [1.54, 1.807) is 0 Å². The van der Waals surface area contributed by atoms with E-state index in [4.69, 9.17) is 14.0 Å². The van der Waals surface area contributed by atoms with Gasteiger partial charge in [0, 0.05) is 5.56 Å². The van der Waals surface area contributed by atoms with Gasteiger partial charge in [0.1, 0.15) is 5.76 Å². The lowest BCUT2D eigenvalue weighted by Crippen LogP contribution is -2.41. The Morgan fingerprint density at radius 3 is 2.05 bits per heavy atom. The Balaban J connectivity index is 2.14. The van der Waals surface area contributed by atoms with Crippen LogP contribution in [0.2, 0.25) is 0 Å². The van der Waals surface area contributed by atoms with Crippen molar-refractivity contribution < 1.29 is 14.0 Å². The molecule has 1 heterocycles. The second kappa shape index (κ2) is 5.26. The standard InChI is InChI=1S/C16H23BO3/c1-7-18-12(2)13-8-10-14(11-9-13)17-19-15(3,4)16(5,6)20-17/h8-11H,2,7H2,1,3-6H3. The summed E-state index contributed by atoms with van der Waals surface area (Å²) in [5, 5.41) is 0. The van der Waals surface area contributed by atoms with Gasteiger partial charge in [-0.2, -0.15) is 0 Å². The van der Waals surface area contributed by atoms with Crippen molar-refractivity contribution in [2.24, 2.45) is 0 Å². The van der Waals surface area contributed by atoms with Gasteiger partial charge in [-0.25, -0.2) is 0 Å². The molecule has 1 aromatic carbocycles. The first kappa shape index (κ1) is 15.1. The van der Waals surface area contributed by atoms with Crippen LogP contribution in [0.5, 0.6) is 0 Å². The molecule has 3 nitrogen and oxygen atoms in total. The summed E-state index contributed by atoms with van der Waals surface area (Å²) in [4.78, 5) is 0. The SMILES string of the molecule is C=C(OCC)c1ccc(B2OC(C)(C)C(C)(C)O2)cc1. The lowest BCUT2D eigenvalue weighted by Gasteiger charge is -2.32. The molecule has 0 amide bonds. The maximum Gasteiger partial charge on any atom is 0.494 e. The third kappa shape index (κ3) is 2.77. The van der Waals surface area contributed by atoms with Gasteiger partial charge in [-0.15, -0.1) is 0 Å². The van der Waals surface area contributed by atoms with Crippen LogP contribution in [-0.2, 0) is 14.0 Å². The van der Waals surface area contributed by atoms with Gasteiger partial charge in [0.05, 0.1) is 17.8 Å². The van der Waals surface area contributed by atoms with Crippen LogP contribution in [-0.4, -0.2) is 24.9 Å². The molecule has 1 saturated heterocycles. The molecule has 0 aliphatic carbocycles. The lowest BCUT2D eigenvalue weighted by molar-refractivity contribution is 0.00578. The van der Waals surface area contributed by atoms with Crippen molar-refractivity contribution in [1.82, 2.24) is 0 Å². The third-order valence-corrected chi connectivity index (χ3v) is 4.08. The van der Waals surface area contributed by atoms with Crippen LogP contribution in [0.4, 0.5) is 0 Å². The molecule has 4 heteroatoms. The van der Waals surface area contributed by atoms with E-state index in [2.05, 4.69) is 34.3 Å². The first-order valence-electron chi connectivity index (χ1n) is 7.04. The minimum atomic E-state index is -0.325. The monoisotopic (exact) mass is 274 g/mol. The van der Waals surface area contributed by atoms with Crippen molar-refractivity contribution in [1.29, 1.82) is 0 Å². The van der Waals surface area contributed by atoms with E-state index in [-0.39, 0.29) is 18.3 Å². The van der Waals surface area contributed by atoms with Crippen molar-refractivity contribution >= 4 is 18.3 Å². The van der Waals surface area contributed by atoms with E-state index in [0.29, 0.717) is 12.4 Å². The fraction of sp³-hybridized carbons (Fsp3) is 0.500. The molecule has 1 fully saturated rings. The molecule has 0 atom stereocenters. The number of hydrogen-bond donors (Lipinski definition) is 0. The summed E-state index contributed by atoms with van der Waals surface area (Å²) < 4.78 is 17.4. The van der Waals surface area contributed by atoms with Crippen molar-refractivity contribution in [2.75, 3.05) is 6.61 Å². The van der Waals surface area contributed by atoms with Crippen molar-refractivity contribution in [3.63, 3.8) is 0 Å². The number of ether oxygens (including phenoxy) is 1. The van der Waals surface area contributed by atoms with Crippen LogP contribution in [0.3, 0.4) is 0 Å². The molecule has 0 radical (unpaired) electrons. The molecule has 20 heavy (non-hydrogen) atoms. The molecule has 0 saturated carbocycles. The first-order valence-corrected chi connectivity index (χ1v) is 7.04. The van der Waals surface area contributed by atoms with E-state index in [0.717, 1.165) is 11.0 Å². The maximum absolute atomic E-state index is 6.02. The zero-order chi connectivity index (χ0) is 15.0. The summed E-state index contributed by atoms with van der Waals surface area (Å²) in [7, 11) is -0.325. The summed E-state index contributed by atoms with van der Waals surface area (Å²) in [5.41, 5.74) is 1.36. The average Bonchev–Trinajstić information content (AvgIpc) is 2.59. The highest BCUT2D eigenvalue weighted by atomic mass is 16.7. The molecule has 1 aliphatic rings. The van der Waals surface area contributed by atoms with Gasteiger partial charge >= 0.3 is 7.12 Å². The van der Waals surface area contributed by atoms with Crippen molar-refractivity contribution in [2.45, 2.75) is 45.8 Å². The Hall–Kier alpha value is -1.26. The molecule has 0 unspecified atom stereocenters. The van der Waals surface area contributed by atoms with E-state index in [1.807, 2.05) is 31.2 Å². The van der Waals surface area contributed by atoms with Gasteiger partial charge in [0.25, 0.3) is 0 Å². The molecule has 1 aliphatic heterocycles. The number of hydrogen-bond acceptors (Lipinski definition) is 3. The summed E-state index contributed by atoms with van der Waals surface area (Å²) in [6, 6.07) is 7.97. The Morgan fingerprint density at radius 1 is 1.10 bits per heavy atom. The number of rotatable bonds is 4. The maximum atomic E-state index is 6.02. The lowest BCUT2D eigenvalue weighted by atomic mass is 9.79. The Labute approximate surface area is 122 Å². The molecular formula is C16H23BO3. The second-order valence-corrected chi connectivity index (χ2v) is 6.07. The van der Waals surface area contributed by atoms with Crippen LogP contribution in [0.15, 0.2) is 30.8 Å². The van der Waals surface area contributed by atoms with Gasteiger partial charge < -0.3 is 14.0 Å². The van der Waals surface area contributed by atoms with Gasteiger partial charge in [0.15, 0.2) is 0 Å². The summed E-state index contributed by atoms with van der Waals surface area (Å²) in [5.74, 6) is 0.688. The minimum absolute atomic E-state index is 0.314. The highest BCUT2D eigenvalue weighted by molar-refractivity contribution is 6.62. The largest absolute Gasteiger partial charge is 0.494 e. The molecule has 0 aromatic heterocycles. The van der Waals surface area contributed by atoms with Crippen LogP contribution in [0.25, 0.3) is 5.76 Å². The summed E-state index contributed by atoms with van der Waals surface area (Å²) in [6.07, 6.45) is 0. The van der Waals surface area contributed by atoms with Gasteiger partial charge in [-0.3, -0.25) is 0 Å². The normalized spacial score (nSPS) is 19.9. The average molecular weight is 274 g/mol. The van der Waals surface area contributed by atoms with Gasteiger partial charge in [-0.1, -0.05) is 30.8 Å². The second-order valence-electron chi connectivity index (χ2n) is 6.07. The molecule has 2 rings (SSSR count). The van der Waals surface area contributed by atoms with E-state index >= 15 is 0 Å². The molecular weight excluding hydrogens is 251 g/mol. The van der Waals surface area contributed by atoms with Crippen molar-refractivity contribution in [3.8, 4) is 0 Å². The fourth-order valence-corrected chi connectivity index (χ4v) is 2.06. The van der Waals surface area contributed by atoms with Gasteiger partial charge in [-0.05, 0) is 40.1 Å². The molecule has 0 spiro atoms. The zero-order valence-corrected chi connectivity index (χ0v) is 13.0. The quantitative estimate of drug-likeness (QED) is 0.624. The van der Waals surface area contributed by atoms with E-state index in [1.165, 1.54) is 0 Å². The summed E-state index contributed by atoms with van der Waals surface area (Å²) in [6.45, 7) is 14.7. The third-order valence-electron chi connectivity index (χ3n) is 4.08. The molecule has 0 bridgehead atoms. The van der Waals surface area contributed by atoms with Crippen LogP contribution < -0.4 is 5.46 Å². The summed E-state index contributed by atoms with van der Waals surface area (Å²) >= 11 is 0. The van der Waals surface area contributed by atoms with Crippen LogP contribution in [0.1, 0.15) is 40.2 Å². The Morgan fingerprint density at radius 2 is 1.60 bits per heavy atom. The predicted molar refractivity (Wildman–Crippen MR) is 82.8 cm³/mol. The van der Waals surface area contributed by atoms with Crippen LogP contribution in [0, 0.1) is 0 Å². The first-order chi connectivity index (χ1) is 9.27. The van der Waals surface area contributed by atoms with E-state index < -0.39 is 0 Å². The Kier molecular flexibility index (Phi) is 3.98. The van der Waals surface area contributed by atoms with E-state index in [9.17, 15) is 0 Å². The topological polar surface area (TPSA) is 27.7 Å². The molecule has 1 aromatic rings. The van der Waals surface area contributed by atoms with Crippen LogP contribution >= 0.6 is 0 Å². The smallest absolute Gasteiger partial charge is 0.494 e. The molecule has 108 valence electrons. The van der Waals surface area contributed by atoms with Gasteiger partial charge in [0.2, 0.25) is 0 Å². The predicted octanol–water partition coefficient (Wildman–Crippen LogP) is 2.99. The number of benzene rings is 1. The fourth-order valence-electron chi connectivity index (χ4n) is 2.06. The molecule has 0 N–H and O–H groups in total. The van der Waals surface area contributed by atoms with Crippen molar-refractivity contribution in [3.05, 3.63) is 36.4 Å². The minimum Gasteiger partial charge on any atom is -0.494 e. The highest BCUT2D eigenvalue weighted by Crippen LogP contribution is 2.36. The Bertz CT molecular complexity index is 475.